The van der Waals surface area contributed by atoms with Crippen molar-refractivity contribution in [3.05, 3.63) is 0 Å². The number of rotatable bonds is 5. The fraction of sp³-hybridized carbons (Fsp3) is 0.778. The van der Waals surface area contributed by atoms with Gasteiger partial charge >= 0.3 is 12.1 Å². The van der Waals surface area contributed by atoms with Crippen molar-refractivity contribution in [2.24, 2.45) is 5.92 Å². The molecule has 0 aliphatic rings. The van der Waals surface area contributed by atoms with Crippen LogP contribution in [0.4, 0.5) is 4.79 Å². The van der Waals surface area contributed by atoms with Crippen LogP contribution in [0.1, 0.15) is 20.8 Å². The van der Waals surface area contributed by atoms with Crippen LogP contribution in [0.5, 0.6) is 0 Å². The number of hydrogen-bond acceptors (Lipinski definition) is 5. The lowest BCUT2D eigenvalue weighted by atomic mass is 10.2. The van der Waals surface area contributed by atoms with E-state index in [1.807, 2.05) is 0 Å². The maximum absolute atomic E-state index is 11.1. The Labute approximate surface area is 83.3 Å². The van der Waals surface area contributed by atoms with Crippen molar-refractivity contribution >= 4 is 12.1 Å². The summed E-state index contributed by atoms with van der Waals surface area (Å²) in [6, 6.07) is 0. The van der Waals surface area contributed by atoms with E-state index < -0.39 is 12.1 Å². The van der Waals surface area contributed by atoms with E-state index in [9.17, 15) is 9.59 Å². The third-order valence-corrected chi connectivity index (χ3v) is 1.40. The average Bonchev–Trinajstić information content (AvgIpc) is 2.15. The van der Waals surface area contributed by atoms with Crippen molar-refractivity contribution < 1.29 is 23.8 Å². The van der Waals surface area contributed by atoms with Crippen molar-refractivity contribution in [3.63, 3.8) is 0 Å². The Kier molecular flexibility index (Phi) is 6.53. The fourth-order valence-corrected chi connectivity index (χ4v) is 0.705. The highest BCUT2D eigenvalue weighted by atomic mass is 16.7. The lowest BCUT2D eigenvalue weighted by molar-refractivity contribution is -0.148. The van der Waals surface area contributed by atoms with Crippen LogP contribution in [0.2, 0.25) is 0 Å². The van der Waals surface area contributed by atoms with Crippen LogP contribution in [-0.2, 0) is 19.0 Å². The van der Waals surface area contributed by atoms with Gasteiger partial charge in [0, 0.05) is 0 Å². The first-order valence-electron chi connectivity index (χ1n) is 4.58. The van der Waals surface area contributed by atoms with Gasteiger partial charge in [0.15, 0.2) is 0 Å². The highest BCUT2D eigenvalue weighted by Crippen LogP contribution is 2.00. The number of hydrogen-bond donors (Lipinski definition) is 0. The predicted octanol–water partition coefficient (Wildman–Crippen LogP) is 1.36. The minimum atomic E-state index is -0.761. The van der Waals surface area contributed by atoms with Crippen LogP contribution in [0.15, 0.2) is 0 Å². The lowest BCUT2D eigenvalue weighted by Gasteiger charge is -2.10. The Balaban J connectivity index is 3.67. The van der Waals surface area contributed by atoms with Crippen molar-refractivity contribution in [1.82, 2.24) is 0 Å². The van der Waals surface area contributed by atoms with E-state index in [4.69, 9.17) is 4.74 Å². The zero-order valence-electron chi connectivity index (χ0n) is 8.74. The molecule has 0 saturated heterocycles. The molecule has 0 amide bonds. The molecule has 0 N–H and O–H groups in total. The highest BCUT2D eigenvalue weighted by molar-refractivity contribution is 5.72. The Morgan fingerprint density at radius 2 is 1.64 bits per heavy atom. The van der Waals surface area contributed by atoms with Gasteiger partial charge in [-0.15, -0.1) is 0 Å². The summed E-state index contributed by atoms with van der Waals surface area (Å²) in [7, 11) is 0. The second kappa shape index (κ2) is 7.17. The molecule has 1 atom stereocenters. The molecule has 0 radical (unpaired) electrons. The molecule has 5 heteroatoms. The van der Waals surface area contributed by atoms with Crippen molar-refractivity contribution in [2.45, 2.75) is 20.8 Å². The normalized spacial score (nSPS) is 11.6. The molecule has 0 aromatic carbocycles. The summed E-state index contributed by atoms with van der Waals surface area (Å²) in [6.45, 7) is 5.58. The smallest absolute Gasteiger partial charge is 0.466 e. The quantitative estimate of drug-likeness (QED) is 0.633. The molecular formula is C9H16O5. The van der Waals surface area contributed by atoms with Gasteiger partial charge in [-0.05, 0) is 20.8 Å². The van der Waals surface area contributed by atoms with Crippen molar-refractivity contribution in [1.29, 1.82) is 0 Å². The summed E-state index contributed by atoms with van der Waals surface area (Å²) in [5.74, 6) is -0.837. The fourth-order valence-electron chi connectivity index (χ4n) is 0.705. The van der Waals surface area contributed by atoms with Crippen LogP contribution >= 0.6 is 0 Å². The minimum absolute atomic E-state index is 0.0162. The Morgan fingerprint density at radius 1 is 1.07 bits per heavy atom. The third-order valence-electron chi connectivity index (χ3n) is 1.40. The van der Waals surface area contributed by atoms with Crippen LogP contribution < -0.4 is 0 Å². The van der Waals surface area contributed by atoms with E-state index in [0.717, 1.165) is 0 Å². The first-order valence-corrected chi connectivity index (χ1v) is 4.58. The molecule has 0 fully saturated rings. The molecule has 0 saturated carbocycles. The van der Waals surface area contributed by atoms with E-state index in [0.29, 0.717) is 6.61 Å². The largest absolute Gasteiger partial charge is 0.508 e. The first-order chi connectivity index (χ1) is 6.61. The number of carbonyl (C=O) groups is 2. The maximum atomic E-state index is 11.1. The zero-order valence-corrected chi connectivity index (χ0v) is 8.74. The van der Waals surface area contributed by atoms with Crippen LogP contribution in [0, 0.1) is 5.92 Å². The Morgan fingerprint density at radius 3 is 2.14 bits per heavy atom. The SMILES string of the molecule is CCOC(=O)OCC(C)C(=O)OCC. The molecule has 0 spiro atoms. The molecule has 0 bridgehead atoms. The van der Waals surface area contributed by atoms with Gasteiger partial charge in [-0.1, -0.05) is 0 Å². The molecule has 0 rings (SSSR count). The van der Waals surface area contributed by atoms with E-state index >= 15 is 0 Å². The summed E-state index contributed by atoms with van der Waals surface area (Å²) < 4.78 is 13.9. The standard InChI is InChI=1S/C9H16O5/c1-4-12-8(10)7(3)6-14-9(11)13-5-2/h7H,4-6H2,1-3H3. The molecule has 0 aromatic rings. The number of ether oxygens (including phenoxy) is 3. The Bertz CT molecular complexity index is 190. The molecule has 0 aliphatic heterocycles. The molecule has 82 valence electrons. The summed E-state index contributed by atoms with van der Waals surface area (Å²) in [5, 5.41) is 0. The van der Waals surface area contributed by atoms with Gasteiger partial charge in [-0.2, -0.15) is 0 Å². The van der Waals surface area contributed by atoms with E-state index in [1.54, 1.807) is 20.8 Å². The van der Waals surface area contributed by atoms with Gasteiger partial charge in [0.2, 0.25) is 0 Å². The van der Waals surface area contributed by atoms with Gasteiger partial charge in [0.25, 0.3) is 0 Å². The van der Waals surface area contributed by atoms with Gasteiger partial charge in [0.1, 0.15) is 6.61 Å². The van der Waals surface area contributed by atoms with Crippen LogP contribution in [0.3, 0.4) is 0 Å². The first kappa shape index (κ1) is 12.7. The summed E-state index contributed by atoms with van der Waals surface area (Å²) in [5.41, 5.74) is 0. The summed E-state index contributed by atoms with van der Waals surface area (Å²) in [4.78, 5) is 21.8. The topological polar surface area (TPSA) is 61.8 Å². The van der Waals surface area contributed by atoms with Gasteiger partial charge in [-0.25, -0.2) is 4.79 Å². The number of carbonyl (C=O) groups excluding carboxylic acids is 2. The van der Waals surface area contributed by atoms with Gasteiger partial charge < -0.3 is 14.2 Å². The monoisotopic (exact) mass is 204 g/mol. The molecule has 0 aromatic heterocycles. The van der Waals surface area contributed by atoms with Crippen LogP contribution in [0.25, 0.3) is 0 Å². The van der Waals surface area contributed by atoms with Gasteiger partial charge in [-0.3, -0.25) is 4.79 Å². The molecule has 14 heavy (non-hydrogen) atoms. The van der Waals surface area contributed by atoms with E-state index in [-0.39, 0.29) is 19.2 Å². The molecule has 5 nitrogen and oxygen atoms in total. The number of esters is 1. The summed E-state index contributed by atoms with van der Waals surface area (Å²) >= 11 is 0. The van der Waals surface area contributed by atoms with Crippen molar-refractivity contribution in [2.75, 3.05) is 19.8 Å². The second-order valence-electron chi connectivity index (χ2n) is 2.65. The molecule has 0 aliphatic carbocycles. The second-order valence-corrected chi connectivity index (χ2v) is 2.65. The molecule has 1 unspecified atom stereocenters. The average molecular weight is 204 g/mol. The van der Waals surface area contributed by atoms with Crippen molar-refractivity contribution in [3.8, 4) is 0 Å². The van der Waals surface area contributed by atoms with Crippen LogP contribution in [-0.4, -0.2) is 31.9 Å². The highest BCUT2D eigenvalue weighted by Gasteiger charge is 2.16. The minimum Gasteiger partial charge on any atom is -0.466 e. The third kappa shape index (κ3) is 5.40. The molecular weight excluding hydrogens is 188 g/mol. The molecule has 0 heterocycles. The van der Waals surface area contributed by atoms with Gasteiger partial charge in [0.05, 0.1) is 19.1 Å². The summed E-state index contributed by atoms with van der Waals surface area (Å²) in [6.07, 6.45) is -0.761. The van der Waals surface area contributed by atoms with E-state index in [2.05, 4.69) is 9.47 Å². The predicted molar refractivity (Wildman–Crippen MR) is 48.8 cm³/mol. The zero-order chi connectivity index (χ0) is 11.0. The van der Waals surface area contributed by atoms with E-state index in [1.165, 1.54) is 0 Å². The Hall–Kier alpha value is -1.26. The lowest BCUT2D eigenvalue weighted by Crippen LogP contribution is -2.22. The maximum Gasteiger partial charge on any atom is 0.508 e.